The van der Waals surface area contributed by atoms with E-state index in [0.29, 0.717) is 10.7 Å². The van der Waals surface area contributed by atoms with Crippen LogP contribution in [0.5, 0.6) is 0 Å². The van der Waals surface area contributed by atoms with Gasteiger partial charge in [0.25, 0.3) is 5.91 Å². The van der Waals surface area contributed by atoms with E-state index in [4.69, 9.17) is 11.6 Å². The van der Waals surface area contributed by atoms with Gasteiger partial charge in [0.05, 0.1) is 11.3 Å². The highest BCUT2D eigenvalue weighted by atomic mass is 35.5. The molecule has 0 spiro atoms. The van der Waals surface area contributed by atoms with E-state index in [1.54, 1.807) is 22.9 Å². The number of nitrogens with one attached hydrogen (secondary N) is 1. The fourth-order valence-corrected chi connectivity index (χ4v) is 3.18. The van der Waals surface area contributed by atoms with E-state index in [-0.39, 0.29) is 12.5 Å². The lowest BCUT2D eigenvalue weighted by atomic mass is 10.0. The molecule has 5 nitrogen and oxygen atoms in total. The van der Waals surface area contributed by atoms with Crippen LogP contribution in [0.3, 0.4) is 0 Å². The Balaban J connectivity index is 1.73. The van der Waals surface area contributed by atoms with Crippen LogP contribution in [0, 0.1) is 6.92 Å². The molecule has 6 heteroatoms. The Kier molecular flexibility index (Phi) is 4.41. The third-order valence-electron chi connectivity index (χ3n) is 4.29. The zero-order chi connectivity index (χ0) is 16.4. The first-order valence-electron chi connectivity index (χ1n) is 7.80. The number of carbonyl (C=O) groups excluding carboxylic acids is 1. The van der Waals surface area contributed by atoms with E-state index >= 15 is 0 Å². The maximum atomic E-state index is 12.3. The molecule has 0 unspecified atom stereocenters. The quantitative estimate of drug-likeness (QED) is 0.904. The highest BCUT2D eigenvalue weighted by Crippen LogP contribution is 2.28. The molecule has 1 aromatic carbocycles. The summed E-state index contributed by atoms with van der Waals surface area (Å²) < 4.78 is 1.69. The van der Waals surface area contributed by atoms with Gasteiger partial charge in [0.1, 0.15) is 0 Å². The Labute approximate surface area is 140 Å². The van der Waals surface area contributed by atoms with Gasteiger partial charge in [-0.1, -0.05) is 30.5 Å². The van der Waals surface area contributed by atoms with Gasteiger partial charge >= 0.3 is 0 Å². The van der Waals surface area contributed by atoms with Gasteiger partial charge in [-0.2, -0.15) is 5.10 Å². The molecule has 23 heavy (non-hydrogen) atoms. The number of halogens is 1. The van der Waals surface area contributed by atoms with Crippen LogP contribution >= 0.6 is 11.6 Å². The van der Waals surface area contributed by atoms with Gasteiger partial charge in [0.15, 0.2) is 5.69 Å². The Morgan fingerprint density at radius 1 is 1.39 bits per heavy atom. The lowest BCUT2D eigenvalue weighted by Gasteiger charge is -2.21. The Morgan fingerprint density at radius 3 is 2.83 bits per heavy atom. The molecule has 0 atom stereocenters. The van der Waals surface area contributed by atoms with E-state index < -0.39 is 5.60 Å². The van der Waals surface area contributed by atoms with Gasteiger partial charge in [-0.15, -0.1) is 0 Å². The number of hydrogen-bond acceptors (Lipinski definition) is 3. The molecule has 0 bridgehead atoms. The summed E-state index contributed by atoms with van der Waals surface area (Å²) in [5.41, 5.74) is 1.23. The summed E-state index contributed by atoms with van der Waals surface area (Å²) in [7, 11) is 0. The molecular formula is C17H20ClN3O2. The molecule has 0 aliphatic heterocycles. The molecule has 3 rings (SSSR count). The molecule has 2 N–H and O–H groups in total. The van der Waals surface area contributed by atoms with Crippen LogP contribution in [-0.4, -0.2) is 32.9 Å². The highest BCUT2D eigenvalue weighted by Gasteiger charge is 2.31. The summed E-state index contributed by atoms with van der Waals surface area (Å²) in [5.74, 6) is -0.269. The van der Waals surface area contributed by atoms with Crippen molar-refractivity contribution in [2.75, 3.05) is 6.54 Å². The van der Waals surface area contributed by atoms with Crippen molar-refractivity contribution in [2.24, 2.45) is 0 Å². The van der Waals surface area contributed by atoms with Gasteiger partial charge < -0.3 is 10.4 Å². The van der Waals surface area contributed by atoms with E-state index in [1.807, 2.05) is 19.1 Å². The SMILES string of the molecule is Cc1cc(C(=O)NCC2(O)CCCC2)nn1-c1cccc(Cl)c1. The maximum Gasteiger partial charge on any atom is 0.271 e. The second kappa shape index (κ2) is 6.34. The standard InChI is InChI=1S/C17H20ClN3O2/c1-12-9-15(16(22)19-11-17(23)7-2-3-8-17)20-21(12)14-6-4-5-13(18)10-14/h4-6,9-10,23H,2-3,7-8,11H2,1H3,(H,19,22). The number of carbonyl (C=O) groups is 1. The number of rotatable bonds is 4. The van der Waals surface area contributed by atoms with Gasteiger partial charge in [-0.3, -0.25) is 4.79 Å². The van der Waals surface area contributed by atoms with Crippen molar-refractivity contribution >= 4 is 17.5 Å². The average molecular weight is 334 g/mol. The van der Waals surface area contributed by atoms with E-state index in [0.717, 1.165) is 37.1 Å². The lowest BCUT2D eigenvalue weighted by Crippen LogP contribution is -2.40. The highest BCUT2D eigenvalue weighted by molar-refractivity contribution is 6.30. The number of benzene rings is 1. The summed E-state index contributed by atoms with van der Waals surface area (Å²) in [4.78, 5) is 12.3. The van der Waals surface area contributed by atoms with Crippen LogP contribution in [0.25, 0.3) is 5.69 Å². The van der Waals surface area contributed by atoms with Gasteiger partial charge in [-0.25, -0.2) is 4.68 Å². The van der Waals surface area contributed by atoms with Gasteiger partial charge in [0.2, 0.25) is 0 Å². The van der Waals surface area contributed by atoms with E-state index in [9.17, 15) is 9.90 Å². The number of aromatic nitrogens is 2. The minimum atomic E-state index is -0.764. The lowest BCUT2D eigenvalue weighted by molar-refractivity contribution is 0.0448. The molecule has 1 saturated carbocycles. The molecule has 122 valence electrons. The largest absolute Gasteiger partial charge is 0.388 e. The fourth-order valence-electron chi connectivity index (χ4n) is 3.00. The van der Waals surface area contributed by atoms with Crippen molar-refractivity contribution < 1.29 is 9.90 Å². The second-order valence-corrected chi connectivity index (χ2v) is 6.61. The summed E-state index contributed by atoms with van der Waals surface area (Å²) in [6.45, 7) is 2.16. The summed E-state index contributed by atoms with van der Waals surface area (Å²) in [6.07, 6.45) is 3.50. The number of hydrogen-bond donors (Lipinski definition) is 2. The smallest absolute Gasteiger partial charge is 0.271 e. The van der Waals surface area contributed by atoms with E-state index in [1.165, 1.54) is 0 Å². The summed E-state index contributed by atoms with van der Waals surface area (Å²) in [6, 6.07) is 9.04. The molecule has 1 aliphatic carbocycles. The molecule has 0 radical (unpaired) electrons. The molecule has 1 aromatic heterocycles. The normalized spacial score (nSPS) is 16.5. The summed E-state index contributed by atoms with van der Waals surface area (Å²) >= 11 is 6.01. The second-order valence-electron chi connectivity index (χ2n) is 6.18. The number of aliphatic hydroxyl groups is 1. The molecule has 1 amide bonds. The average Bonchev–Trinajstić information content (AvgIpc) is 3.12. The maximum absolute atomic E-state index is 12.3. The van der Waals surface area contributed by atoms with Crippen molar-refractivity contribution in [3.05, 3.63) is 46.7 Å². The third-order valence-corrected chi connectivity index (χ3v) is 4.52. The topological polar surface area (TPSA) is 67.2 Å². The van der Waals surface area contributed by atoms with Crippen LogP contribution in [0.15, 0.2) is 30.3 Å². The van der Waals surface area contributed by atoms with Gasteiger partial charge in [0, 0.05) is 17.3 Å². The monoisotopic (exact) mass is 333 g/mol. The predicted molar refractivity (Wildman–Crippen MR) is 89.1 cm³/mol. The van der Waals surface area contributed by atoms with Gasteiger partial charge in [-0.05, 0) is 44.0 Å². The van der Waals surface area contributed by atoms with Crippen molar-refractivity contribution in [1.82, 2.24) is 15.1 Å². The minimum Gasteiger partial charge on any atom is -0.388 e. The van der Waals surface area contributed by atoms with E-state index in [2.05, 4.69) is 10.4 Å². The number of aryl methyl sites for hydroxylation is 1. The Bertz CT molecular complexity index is 720. The molecule has 1 aliphatic rings. The van der Waals surface area contributed by atoms with Crippen LogP contribution in [0.1, 0.15) is 41.9 Å². The number of amides is 1. The van der Waals surface area contributed by atoms with Crippen LogP contribution in [-0.2, 0) is 0 Å². The first-order chi connectivity index (χ1) is 11.0. The van der Waals surface area contributed by atoms with Crippen molar-refractivity contribution in [3.63, 3.8) is 0 Å². The molecule has 1 heterocycles. The third kappa shape index (κ3) is 3.57. The first-order valence-corrected chi connectivity index (χ1v) is 8.18. The molecular weight excluding hydrogens is 314 g/mol. The van der Waals surface area contributed by atoms with Crippen LogP contribution in [0.2, 0.25) is 5.02 Å². The molecule has 1 fully saturated rings. The Hall–Kier alpha value is -1.85. The fraction of sp³-hybridized carbons (Fsp3) is 0.412. The number of nitrogens with zero attached hydrogens (tertiary/aromatic N) is 2. The van der Waals surface area contributed by atoms with Crippen molar-refractivity contribution in [3.8, 4) is 5.69 Å². The predicted octanol–water partition coefficient (Wildman–Crippen LogP) is 2.87. The molecule has 0 saturated heterocycles. The minimum absolute atomic E-state index is 0.269. The van der Waals surface area contributed by atoms with Crippen LogP contribution in [0.4, 0.5) is 0 Å². The first kappa shape index (κ1) is 16.0. The van der Waals surface area contributed by atoms with Crippen molar-refractivity contribution in [2.45, 2.75) is 38.2 Å². The Morgan fingerprint density at radius 2 is 2.13 bits per heavy atom. The van der Waals surface area contributed by atoms with Crippen molar-refractivity contribution in [1.29, 1.82) is 0 Å². The van der Waals surface area contributed by atoms with Crippen LogP contribution < -0.4 is 5.32 Å². The zero-order valence-corrected chi connectivity index (χ0v) is 13.8. The summed E-state index contributed by atoms with van der Waals surface area (Å²) in [5, 5.41) is 18.1. The molecule has 2 aromatic rings. The zero-order valence-electron chi connectivity index (χ0n) is 13.1.